The van der Waals surface area contributed by atoms with Crippen molar-refractivity contribution in [3.05, 3.63) is 42.0 Å². The standard InChI is InChI=1S/C27H35NO3/c1-4-25(29)28-16-6-7-17-31-20-9-11-21-19(18-20)8-10-23-22(21)12-14-26(3)24(23)13-15-27(26,30)5-2/h2,4,9,11,18,22-24,30H,1,6-8,10,12-17H2,3H3,(H,28,29)/t22-,23-,24+,26+,27?/m1/s1. The Morgan fingerprint density at radius 1 is 1.35 bits per heavy atom. The van der Waals surface area contributed by atoms with E-state index in [0.717, 1.165) is 50.7 Å². The largest absolute Gasteiger partial charge is 0.494 e. The summed E-state index contributed by atoms with van der Waals surface area (Å²) >= 11 is 0. The molecule has 0 aromatic heterocycles. The van der Waals surface area contributed by atoms with Gasteiger partial charge in [-0.05, 0) is 98.5 Å². The van der Waals surface area contributed by atoms with Crippen molar-refractivity contribution in [2.24, 2.45) is 17.3 Å². The van der Waals surface area contributed by atoms with Gasteiger partial charge in [0.15, 0.2) is 0 Å². The van der Waals surface area contributed by atoms with Crippen LogP contribution >= 0.6 is 0 Å². The number of benzene rings is 1. The fourth-order valence-corrected chi connectivity index (χ4v) is 6.60. The van der Waals surface area contributed by atoms with E-state index in [-0.39, 0.29) is 11.3 Å². The number of hydrogen-bond acceptors (Lipinski definition) is 3. The van der Waals surface area contributed by atoms with Crippen LogP contribution in [0.15, 0.2) is 30.9 Å². The maximum atomic E-state index is 11.1. The molecule has 1 aromatic carbocycles. The zero-order valence-corrected chi connectivity index (χ0v) is 18.7. The molecule has 3 aliphatic carbocycles. The minimum absolute atomic E-state index is 0.126. The number of carbonyl (C=O) groups excluding carboxylic acids is 1. The lowest BCUT2D eigenvalue weighted by atomic mass is 9.53. The van der Waals surface area contributed by atoms with E-state index >= 15 is 0 Å². The van der Waals surface area contributed by atoms with Crippen LogP contribution in [0.2, 0.25) is 0 Å². The maximum Gasteiger partial charge on any atom is 0.243 e. The molecule has 166 valence electrons. The Balaban J connectivity index is 1.36. The van der Waals surface area contributed by atoms with Gasteiger partial charge >= 0.3 is 0 Å². The Hall–Kier alpha value is -2.25. The van der Waals surface area contributed by atoms with Crippen molar-refractivity contribution in [2.75, 3.05) is 13.2 Å². The third-order valence-electron chi connectivity index (χ3n) is 8.41. The summed E-state index contributed by atoms with van der Waals surface area (Å²) in [4.78, 5) is 11.1. The third-order valence-corrected chi connectivity index (χ3v) is 8.41. The number of ether oxygens (including phenoxy) is 1. The number of aryl methyl sites for hydroxylation is 1. The first kappa shape index (κ1) is 22.0. The van der Waals surface area contributed by atoms with E-state index in [2.05, 4.69) is 42.9 Å². The van der Waals surface area contributed by atoms with Crippen molar-refractivity contribution >= 4 is 5.91 Å². The minimum Gasteiger partial charge on any atom is -0.494 e. The Morgan fingerprint density at radius 2 is 2.19 bits per heavy atom. The lowest BCUT2D eigenvalue weighted by molar-refractivity contribution is -0.116. The molecule has 31 heavy (non-hydrogen) atoms. The third kappa shape index (κ3) is 3.89. The van der Waals surface area contributed by atoms with Crippen LogP contribution in [0.3, 0.4) is 0 Å². The molecule has 0 spiro atoms. The Bertz CT molecular complexity index is 887. The summed E-state index contributed by atoms with van der Waals surface area (Å²) < 4.78 is 5.98. The van der Waals surface area contributed by atoms with Gasteiger partial charge in [-0.1, -0.05) is 25.5 Å². The zero-order valence-electron chi connectivity index (χ0n) is 18.7. The molecule has 0 bridgehead atoms. The van der Waals surface area contributed by atoms with Crippen molar-refractivity contribution < 1.29 is 14.6 Å². The second-order valence-corrected chi connectivity index (χ2v) is 9.83. The number of hydrogen-bond donors (Lipinski definition) is 2. The first-order valence-electron chi connectivity index (χ1n) is 11.8. The average Bonchev–Trinajstić information content (AvgIpc) is 3.06. The van der Waals surface area contributed by atoms with Gasteiger partial charge in [-0.3, -0.25) is 4.79 Å². The molecule has 1 aromatic rings. The highest BCUT2D eigenvalue weighted by Gasteiger charge is 2.61. The van der Waals surface area contributed by atoms with Gasteiger partial charge in [-0.2, -0.15) is 0 Å². The van der Waals surface area contributed by atoms with Gasteiger partial charge in [-0.15, -0.1) is 6.42 Å². The molecule has 5 atom stereocenters. The number of rotatable bonds is 7. The second kappa shape index (κ2) is 8.71. The van der Waals surface area contributed by atoms with Gasteiger partial charge in [0.1, 0.15) is 11.4 Å². The minimum atomic E-state index is -0.935. The van der Waals surface area contributed by atoms with Gasteiger partial charge < -0.3 is 15.2 Å². The van der Waals surface area contributed by atoms with E-state index in [1.165, 1.54) is 23.6 Å². The van der Waals surface area contributed by atoms with E-state index < -0.39 is 5.60 Å². The molecule has 3 aliphatic rings. The van der Waals surface area contributed by atoms with Crippen molar-refractivity contribution in [3.63, 3.8) is 0 Å². The normalized spacial score (nSPS) is 33.4. The molecule has 4 heteroatoms. The number of nitrogens with one attached hydrogen (secondary N) is 1. The molecule has 1 amide bonds. The van der Waals surface area contributed by atoms with E-state index in [1.807, 2.05) is 0 Å². The first-order chi connectivity index (χ1) is 14.9. The smallest absolute Gasteiger partial charge is 0.243 e. The van der Waals surface area contributed by atoms with Crippen LogP contribution in [0.5, 0.6) is 5.75 Å². The van der Waals surface area contributed by atoms with Gasteiger partial charge in [0.25, 0.3) is 0 Å². The fraction of sp³-hybridized carbons (Fsp3) is 0.593. The number of unbranched alkanes of at least 4 members (excludes halogenated alkanes) is 1. The summed E-state index contributed by atoms with van der Waals surface area (Å²) in [7, 11) is 0. The summed E-state index contributed by atoms with van der Waals surface area (Å²) in [6.45, 7) is 6.98. The summed E-state index contributed by atoms with van der Waals surface area (Å²) in [6.07, 6.45) is 15.0. The highest BCUT2D eigenvalue weighted by molar-refractivity contribution is 5.86. The van der Waals surface area contributed by atoms with Crippen molar-refractivity contribution in [1.82, 2.24) is 5.32 Å². The SMILES string of the molecule is C#CC1(O)CC[C@H]2[C@@H]3CCc4cc(OCCCCNC(=O)C=C)ccc4[C@H]3CC[C@@]21C. The number of amides is 1. The van der Waals surface area contributed by atoms with Crippen molar-refractivity contribution in [3.8, 4) is 18.1 Å². The molecule has 0 heterocycles. The zero-order chi connectivity index (χ0) is 22.1. The lowest BCUT2D eigenvalue weighted by Crippen LogP contribution is -2.50. The van der Waals surface area contributed by atoms with Crippen LogP contribution in [0.25, 0.3) is 0 Å². The first-order valence-corrected chi connectivity index (χ1v) is 11.8. The highest BCUT2D eigenvalue weighted by Crippen LogP contribution is 2.64. The predicted octanol–water partition coefficient (Wildman–Crippen LogP) is 4.37. The van der Waals surface area contributed by atoms with Crippen LogP contribution in [0.4, 0.5) is 0 Å². The van der Waals surface area contributed by atoms with Gasteiger partial charge in [0, 0.05) is 12.0 Å². The van der Waals surface area contributed by atoms with E-state index in [0.29, 0.717) is 30.9 Å². The number of fused-ring (bicyclic) bond motifs is 5. The predicted molar refractivity (Wildman–Crippen MR) is 123 cm³/mol. The van der Waals surface area contributed by atoms with Crippen LogP contribution < -0.4 is 10.1 Å². The van der Waals surface area contributed by atoms with Crippen LogP contribution in [-0.2, 0) is 11.2 Å². The van der Waals surface area contributed by atoms with Crippen LogP contribution in [0.1, 0.15) is 68.9 Å². The van der Waals surface area contributed by atoms with Gasteiger partial charge in [-0.25, -0.2) is 0 Å². The second-order valence-electron chi connectivity index (χ2n) is 9.83. The Morgan fingerprint density at radius 3 is 2.97 bits per heavy atom. The van der Waals surface area contributed by atoms with Gasteiger partial charge in [0.2, 0.25) is 5.91 Å². The van der Waals surface area contributed by atoms with Crippen LogP contribution in [-0.4, -0.2) is 29.8 Å². The summed E-state index contributed by atoms with van der Waals surface area (Å²) in [6, 6.07) is 6.61. The Kier molecular flexibility index (Phi) is 6.17. The highest BCUT2D eigenvalue weighted by atomic mass is 16.5. The van der Waals surface area contributed by atoms with Crippen molar-refractivity contribution in [2.45, 2.75) is 69.8 Å². The maximum absolute atomic E-state index is 11.1. The van der Waals surface area contributed by atoms with Gasteiger partial charge in [0.05, 0.1) is 6.61 Å². The molecule has 0 aliphatic heterocycles. The molecule has 2 N–H and O–H groups in total. The summed E-state index contributed by atoms with van der Waals surface area (Å²) in [5.74, 6) is 5.27. The molecular weight excluding hydrogens is 386 g/mol. The molecule has 0 saturated heterocycles. The molecule has 2 saturated carbocycles. The van der Waals surface area contributed by atoms with E-state index in [9.17, 15) is 9.90 Å². The molecule has 2 fully saturated rings. The number of aliphatic hydroxyl groups is 1. The molecule has 4 nitrogen and oxygen atoms in total. The molecule has 0 radical (unpaired) electrons. The summed E-state index contributed by atoms with van der Waals surface area (Å²) in [5.41, 5.74) is 1.82. The quantitative estimate of drug-likeness (QED) is 0.391. The monoisotopic (exact) mass is 421 g/mol. The van der Waals surface area contributed by atoms with E-state index in [4.69, 9.17) is 11.2 Å². The molecule has 1 unspecified atom stereocenters. The van der Waals surface area contributed by atoms with Crippen molar-refractivity contribution in [1.29, 1.82) is 0 Å². The van der Waals surface area contributed by atoms with E-state index in [1.54, 1.807) is 0 Å². The number of carbonyl (C=O) groups is 1. The average molecular weight is 422 g/mol. The topological polar surface area (TPSA) is 58.6 Å². The summed E-state index contributed by atoms with van der Waals surface area (Å²) in [5, 5.41) is 13.9. The fourth-order valence-electron chi connectivity index (χ4n) is 6.60. The lowest BCUT2D eigenvalue weighted by Gasteiger charge is -2.52. The molecular formula is C27H35NO3. The van der Waals surface area contributed by atoms with Crippen LogP contribution in [0, 0.1) is 29.6 Å². The molecule has 4 rings (SSSR count). The Labute approximate surface area is 186 Å². The number of terminal acetylenes is 1.